The minimum atomic E-state index is -4.79. The van der Waals surface area contributed by atoms with Gasteiger partial charge in [-0.1, -0.05) is 5.21 Å². The van der Waals surface area contributed by atoms with Crippen LogP contribution >= 0.6 is 0 Å². The predicted molar refractivity (Wildman–Crippen MR) is 33.0 cm³/mol. The molecule has 1 rings (SSSR count). The Hall–Kier alpha value is -1.60. The van der Waals surface area contributed by atoms with Gasteiger partial charge in [0, 0.05) is 7.05 Å². The number of alkyl halides is 3. The number of aromatic nitrogens is 3. The van der Waals surface area contributed by atoms with Crippen LogP contribution in [-0.2, 0) is 13.2 Å². The fourth-order valence-corrected chi connectivity index (χ4v) is 0.788. The molecule has 0 atom stereocenters. The molecule has 8 heteroatoms. The Morgan fingerprint density at radius 1 is 1.54 bits per heavy atom. The molecule has 13 heavy (non-hydrogen) atoms. The van der Waals surface area contributed by atoms with Crippen molar-refractivity contribution < 1.29 is 23.1 Å². The van der Waals surface area contributed by atoms with E-state index in [2.05, 4.69) is 10.3 Å². The van der Waals surface area contributed by atoms with E-state index in [4.69, 9.17) is 5.11 Å². The number of carboxylic acid groups (broad SMARTS) is 1. The zero-order valence-electron chi connectivity index (χ0n) is 6.33. The summed E-state index contributed by atoms with van der Waals surface area (Å²) < 4.78 is 36.7. The SMILES string of the molecule is Cn1nnc(C(F)(F)F)c1C(=O)O. The maximum atomic E-state index is 12.0. The fourth-order valence-electron chi connectivity index (χ4n) is 0.788. The molecule has 0 aliphatic rings. The van der Waals surface area contributed by atoms with Crippen LogP contribution in [-0.4, -0.2) is 26.1 Å². The van der Waals surface area contributed by atoms with Gasteiger partial charge in [-0.25, -0.2) is 9.48 Å². The molecular formula is C5H4F3N3O2. The highest BCUT2D eigenvalue weighted by molar-refractivity contribution is 5.86. The molecule has 0 bridgehead atoms. The molecule has 0 aromatic carbocycles. The van der Waals surface area contributed by atoms with Crippen LogP contribution in [0.1, 0.15) is 16.2 Å². The third-order valence-corrected chi connectivity index (χ3v) is 1.30. The summed E-state index contributed by atoms with van der Waals surface area (Å²) >= 11 is 0. The number of hydrogen-bond acceptors (Lipinski definition) is 3. The fraction of sp³-hybridized carbons (Fsp3) is 0.400. The van der Waals surface area contributed by atoms with E-state index in [-0.39, 0.29) is 0 Å². The summed E-state index contributed by atoms with van der Waals surface area (Å²) in [4.78, 5) is 10.3. The van der Waals surface area contributed by atoms with Crippen molar-refractivity contribution in [1.29, 1.82) is 0 Å². The molecule has 0 radical (unpaired) electrons. The molecule has 0 aliphatic heterocycles. The van der Waals surface area contributed by atoms with Crippen LogP contribution in [0.4, 0.5) is 13.2 Å². The van der Waals surface area contributed by atoms with Gasteiger partial charge in [-0.05, 0) is 0 Å². The van der Waals surface area contributed by atoms with Crippen molar-refractivity contribution in [1.82, 2.24) is 15.0 Å². The largest absolute Gasteiger partial charge is 0.476 e. The second-order valence-electron chi connectivity index (χ2n) is 2.21. The van der Waals surface area contributed by atoms with Crippen molar-refractivity contribution in [3.05, 3.63) is 11.4 Å². The summed E-state index contributed by atoms with van der Waals surface area (Å²) in [5, 5.41) is 14.1. The Labute approximate surface area is 69.8 Å². The topological polar surface area (TPSA) is 68.0 Å². The molecule has 72 valence electrons. The quantitative estimate of drug-likeness (QED) is 0.709. The summed E-state index contributed by atoms with van der Waals surface area (Å²) in [6.07, 6.45) is -4.79. The van der Waals surface area contributed by atoms with E-state index in [0.717, 1.165) is 7.05 Å². The Morgan fingerprint density at radius 2 is 2.08 bits per heavy atom. The molecule has 0 saturated carbocycles. The lowest BCUT2D eigenvalue weighted by Gasteiger charge is -2.02. The van der Waals surface area contributed by atoms with Crippen molar-refractivity contribution in [3.63, 3.8) is 0 Å². The Morgan fingerprint density at radius 3 is 2.38 bits per heavy atom. The van der Waals surface area contributed by atoms with Crippen LogP contribution in [0.25, 0.3) is 0 Å². The van der Waals surface area contributed by atoms with E-state index in [0.29, 0.717) is 4.68 Å². The molecule has 0 fully saturated rings. The van der Waals surface area contributed by atoms with E-state index in [1.165, 1.54) is 0 Å². The van der Waals surface area contributed by atoms with Gasteiger partial charge in [0.15, 0.2) is 5.69 Å². The zero-order chi connectivity index (χ0) is 10.2. The molecule has 0 saturated heterocycles. The van der Waals surface area contributed by atoms with Crippen molar-refractivity contribution in [3.8, 4) is 0 Å². The van der Waals surface area contributed by atoms with Crippen LogP contribution in [0.3, 0.4) is 0 Å². The lowest BCUT2D eigenvalue weighted by Crippen LogP contribution is -2.14. The third-order valence-electron chi connectivity index (χ3n) is 1.30. The van der Waals surface area contributed by atoms with Crippen molar-refractivity contribution in [2.75, 3.05) is 0 Å². The van der Waals surface area contributed by atoms with Gasteiger partial charge in [0.1, 0.15) is 0 Å². The Balaban J connectivity index is 3.31. The third kappa shape index (κ3) is 1.60. The van der Waals surface area contributed by atoms with Gasteiger partial charge in [-0.3, -0.25) is 0 Å². The Bertz CT molecular complexity index is 343. The highest BCUT2D eigenvalue weighted by Gasteiger charge is 2.40. The summed E-state index contributed by atoms with van der Waals surface area (Å²) in [6, 6.07) is 0. The van der Waals surface area contributed by atoms with E-state index in [9.17, 15) is 18.0 Å². The normalized spacial score (nSPS) is 11.7. The summed E-state index contributed by atoms with van der Waals surface area (Å²) in [5.74, 6) is -1.71. The number of halogens is 3. The first-order chi connectivity index (χ1) is 5.84. The van der Waals surface area contributed by atoms with Gasteiger partial charge in [0.05, 0.1) is 0 Å². The van der Waals surface area contributed by atoms with Crippen LogP contribution < -0.4 is 0 Å². The molecule has 0 aliphatic carbocycles. The van der Waals surface area contributed by atoms with E-state index in [1.54, 1.807) is 0 Å². The highest BCUT2D eigenvalue weighted by atomic mass is 19.4. The van der Waals surface area contributed by atoms with Gasteiger partial charge < -0.3 is 5.11 Å². The molecule has 1 heterocycles. The maximum Gasteiger partial charge on any atom is 0.437 e. The lowest BCUT2D eigenvalue weighted by atomic mass is 10.3. The summed E-state index contributed by atoms with van der Waals surface area (Å²) in [7, 11) is 1.08. The minimum absolute atomic E-state index is 0.561. The highest BCUT2D eigenvalue weighted by Crippen LogP contribution is 2.29. The van der Waals surface area contributed by atoms with E-state index >= 15 is 0 Å². The number of nitrogens with zero attached hydrogens (tertiary/aromatic N) is 3. The van der Waals surface area contributed by atoms with Crippen molar-refractivity contribution in [2.24, 2.45) is 7.05 Å². The van der Waals surface area contributed by atoms with Gasteiger partial charge in [-0.15, -0.1) is 5.10 Å². The summed E-state index contributed by atoms with van der Waals surface area (Å²) in [6.45, 7) is 0. The van der Waals surface area contributed by atoms with Gasteiger partial charge in [0.25, 0.3) is 0 Å². The molecule has 1 N–H and O–H groups in total. The van der Waals surface area contributed by atoms with Crippen LogP contribution in [0, 0.1) is 0 Å². The molecule has 0 spiro atoms. The van der Waals surface area contributed by atoms with Crippen molar-refractivity contribution >= 4 is 5.97 Å². The number of carboxylic acids is 1. The molecular weight excluding hydrogens is 191 g/mol. The summed E-state index contributed by atoms with van der Waals surface area (Å²) in [5.41, 5.74) is -2.45. The van der Waals surface area contributed by atoms with Crippen LogP contribution in [0.5, 0.6) is 0 Å². The lowest BCUT2D eigenvalue weighted by molar-refractivity contribution is -0.141. The average molecular weight is 195 g/mol. The monoisotopic (exact) mass is 195 g/mol. The first-order valence-corrected chi connectivity index (χ1v) is 3.04. The van der Waals surface area contributed by atoms with Gasteiger partial charge in [-0.2, -0.15) is 13.2 Å². The molecule has 1 aromatic heterocycles. The van der Waals surface area contributed by atoms with Gasteiger partial charge >= 0.3 is 12.1 Å². The standard InChI is InChI=1S/C5H4F3N3O2/c1-11-2(4(12)13)3(9-10-11)5(6,7)8/h1H3,(H,12,13). The first kappa shape index (κ1) is 9.49. The van der Waals surface area contributed by atoms with Crippen LogP contribution in [0.15, 0.2) is 0 Å². The molecule has 0 amide bonds. The molecule has 5 nitrogen and oxygen atoms in total. The maximum absolute atomic E-state index is 12.0. The average Bonchev–Trinajstić information content (AvgIpc) is 2.28. The molecule has 0 unspecified atom stereocenters. The number of rotatable bonds is 1. The smallest absolute Gasteiger partial charge is 0.437 e. The van der Waals surface area contributed by atoms with Crippen LogP contribution in [0.2, 0.25) is 0 Å². The number of aromatic carboxylic acids is 1. The number of hydrogen-bond donors (Lipinski definition) is 1. The van der Waals surface area contributed by atoms with E-state index in [1.807, 2.05) is 0 Å². The predicted octanol–water partition coefficient (Wildman–Crippen LogP) is 0.532. The second kappa shape index (κ2) is 2.71. The number of aryl methyl sites for hydroxylation is 1. The first-order valence-electron chi connectivity index (χ1n) is 3.04. The van der Waals surface area contributed by atoms with Gasteiger partial charge in [0.2, 0.25) is 5.69 Å². The van der Waals surface area contributed by atoms with E-state index < -0.39 is 23.5 Å². The zero-order valence-corrected chi connectivity index (χ0v) is 6.33. The second-order valence-corrected chi connectivity index (χ2v) is 2.21. The van der Waals surface area contributed by atoms with Crippen molar-refractivity contribution in [2.45, 2.75) is 6.18 Å². The Kier molecular flexibility index (Phi) is 1.98. The number of carbonyl (C=O) groups is 1. The molecule has 1 aromatic rings. The minimum Gasteiger partial charge on any atom is -0.476 e.